The maximum absolute atomic E-state index is 12.2. The summed E-state index contributed by atoms with van der Waals surface area (Å²) in [7, 11) is -1.51. The van der Waals surface area contributed by atoms with Crippen LogP contribution in [0.15, 0.2) is 11.6 Å². The molecular weight excluding hydrogens is 398 g/mol. The fourth-order valence-electron chi connectivity index (χ4n) is 3.18. The second-order valence-corrected chi connectivity index (χ2v) is 9.11. The first-order valence-corrected chi connectivity index (χ1v) is 10.9. The summed E-state index contributed by atoms with van der Waals surface area (Å²) in [4.78, 5) is 24.1. The number of nitrogens with one attached hydrogen (secondary N) is 1. The number of sulfone groups is 1. The van der Waals surface area contributed by atoms with E-state index in [1.54, 1.807) is 13.2 Å². The van der Waals surface area contributed by atoms with Crippen LogP contribution in [0.1, 0.15) is 23.4 Å². The lowest BCUT2D eigenvalue weighted by Crippen LogP contribution is -2.38. The highest BCUT2D eigenvalue weighted by molar-refractivity contribution is 7.91. The van der Waals surface area contributed by atoms with Gasteiger partial charge < -0.3 is 19.4 Å². The molecule has 1 aliphatic rings. The number of hydrogen-bond donors (Lipinski definition) is 1. The van der Waals surface area contributed by atoms with Crippen LogP contribution in [0.2, 0.25) is 0 Å². The summed E-state index contributed by atoms with van der Waals surface area (Å²) in [6.07, 6.45) is 1.76. The Bertz CT molecular complexity index is 955. The molecule has 1 aromatic heterocycles. The standard InChI is InChI=1S/C19H25N3O6S/c1-13-8-15(14(2)22(13)5-6-27-3)9-16(10-20)19(24)28-11-18(23)21-17-4-7-29(25,26)12-17/h8-9,17H,4-7,11-12H2,1-3H3,(H,21,23)/b16-9+/t17-/m0/s1. The Kier molecular flexibility index (Phi) is 7.59. The molecule has 1 amide bonds. The largest absolute Gasteiger partial charge is 0.451 e. The number of carbonyl (C=O) groups is 2. The van der Waals surface area contributed by atoms with Crippen molar-refractivity contribution < 1.29 is 27.5 Å². The summed E-state index contributed by atoms with van der Waals surface area (Å²) >= 11 is 0. The molecule has 1 N–H and O–H groups in total. The molecule has 2 rings (SSSR count). The van der Waals surface area contributed by atoms with Crippen LogP contribution in [-0.2, 0) is 35.4 Å². The highest BCUT2D eigenvalue weighted by Gasteiger charge is 2.29. The van der Waals surface area contributed by atoms with Crippen LogP contribution in [0.5, 0.6) is 0 Å². The first kappa shape index (κ1) is 22.6. The van der Waals surface area contributed by atoms with E-state index in [-0.39, 0.29) is 17.1 Å². The summed E-state index contributed by atoms with van der Waals surface area (Å²) in [6.45, 7) is 4.38. The van der Waals surface area contributed by atoms with Gasteiger partial charge in [-0.1, -0.05) is 0 Å². The summed E-state index contributed by atoms with van der Waals surface area (Å²) in [5, 5.41) is 11.8. The predicted octanol–water partition coefficient (Wildman–Crippen LogP) is 0.505. The minimum absolute atomic E-state index is 0.0296. The van der Waals surface area contributed by atoms with Gasteiger partial charge in [-0.15, -0.1) is 0 Å². The van der Waals surface area contributed by atoms with Crippen molar-refractivity contribution in [3.63, 3.8) is 0 Å². The fraction of sp³-hybridized carbons (Fsp3) is 0.526. The van der Waals surface area contributed by atoms with Gasteiger partial charge in [0.2, 0.25) is 0 Å². The predicted molar refractivity (Wildman–Crippen MR) is 106 cm³/mol. The summed E-state index contributed by atoms with van der Waals surface area (Å²) in [5.41, 5.74) is 2.31. The van der Waals surface area contributed by atoms with Crippen molar-refractivity contribution in [3.05, 3.63) is 28.6 Å². The van der Waals surface area contributed by atoms with Gasteiger partial charge in [0.05, 0.1) is 18.1 Å². The van der Waals surface area contributed by atoms with Crippen LogP contribution < -0.4 is 5.32 Å². The Balaban J connectivity index is 1.98. The van der Waals surface area contributed by atoms with E-state index in [0.717, 1.165) is 11.4 Å². The summed E-state index contributed by atoms with van der Waals surface area (Å²) < 4.78 is 34.8. The van der Waals surface area contributed by atoms with E-state index >= 15 is 0 Å². The van der Waals surface area contributed by atoms with E-state index in [2.05, 4.69) is 5.32 Å². The maximum Gasteiger partial charge on any atom is 0.349 e. The zero-order valence-corrected chi connectivity index (χ0v) is 17.5. The molecule has 10 heteroatoms. The molecule has 158 valence electrons. The van der Waals surface area contributed by atoms with Gasteiger partial charge in [-0.3, -0.25) is 4.79 Å². The molecule has 2 heterocycles. The number of ether oxygens (including phenoxy) is 2. The average Bonchev–Trinajstić information content (AvgIpc) is 3.13. The molecule has 0 spiro atoms. The molecule has 0 aromatic carbocycles. The third-order valence-electron chi connectivity index (χ3n) is 4.70. The Morgan fingerprint density at radius 2 is 2.14 bits per heavy atom. The van der Waals surface area contributed by atoms with Gasteiger partial charge in [-0.2, -0.15) is 5.26 Å². The van der Waals surface area contributed by atoms with Crippen molar-refractivity contribution in [2.24, 2.45) is 0 Å². The van der Waals surface area contributed by atoms with E-state index in [1.165, 1.54) is 6.08 Å². The van der Waals surface area contributed by atoms with Gasteiger partial charge in [0, 0.05) is 31.1 Å². The number of hydrogen-bond acceptors (Lipinski definition) is 7. The molecule has 0 radical (unpaired) electrons. The highest BCUT2D eigenvalue weighted by atomic mass is 32.2. The molecule has 1 aliphatic heterocycles. The summed E-state index contributed by atoms with van der Waals surface area (Å²) in [5.74, 6) is -1.60. The zero-order chi connectivity index (χ0) is 21.6. The Morgan fingerprint density at radius 3 is 2.72 bits per heavy atom. The van der Waals surface area contributed by atoms with Gasteiger partial charge in [0.25, 0.3) is 5.91 Å². The number of aromatic nitrogens is 1. The van der Waals surface area contributed by atoms with Gasteiger partial charge in [0.1, 0.15) is 11.6 Å². The van der Waals surface area contributed by atoms with Crippen LogP contribution in [0.4, 0.5) is 0 Å². The fourth-order valence-corrected chi connectivity index (χ4v) is 4.85. The van der Waals surface area contributed by atoms with Gasteiger partial charge in [0.15, 0.2) is 16.4 Å². The number of amides is 1. The first-order valence-electron chi connectivity index (χ1n) is 9.11. The van der Waals surface area contributed by atoms with E-state index in [0.29, 0.717) is 25.1 Å². The Morgan fingerprint density at radius 1 is 1.41 bits per heavy atom. The van der Waals surface area contributed by atoms with Gasteiger partial charge in [-0.25, -0.2) is 13.2 Å². The molecule has 1 saturated heterocycles. The minimum Gasteiger partial charge on any atom is -0.451 e. The molecular formula is C19H25N3O6S. The topological polar surface area (TPSA) is 127 Å². The van der Waals surface area contributed by atoms with Crippen molar-refractivity contribution in [3.8, 4) is 6.07 Å². The third kappa shape index (κ3) is 6.17. The highest BCUT2D eigenvalue weighted by Crippen LogP contribution is 2.18. The number of rotatable bonds is 8. The molecule has 1 fully saturated rings. The van der Waals surface area contributed by atoms with Gasteiger partial charge in [-0.05, 0) is 38.0 Å². The Hall–Kier alpha value is -2.64. The number of nitriles is 1. The third-order valence-corrected chi connectivity index (χ3v) is 6.47. The molecule has 29 heavy (non-hydrogen) atoms. The summed E-state index contributed by atoms with van der Waals surface area (Å²) in [6, 6.07) is 3.17. The number of methoxy groups -OCH3 is 1. The second-order valence-electron chi connectivity index (χ2n) is 6.88. The van der Waals surface area contributed by atoms with Crippen molar-refractivity contribution in [1.82, 2.24) is 9.88 Å². The van der Waals surface area contributed by atoms with Crippen LogP contribution in [0.25, 0.3) is 6.08 Å². The number of esters is 1. The van der Waals surface area contributed by atoms with Crippen LogP contribution in [0, 0.1) is 25.2 Å². The van der Waals surface area contributed by atoms with E-state index in [9.17, 15) is 23.3 Å². The van der Waals surface area contributed by atoms with Gasteiger partial charge >= 0.3 is 5.97 Å². The van der Waals surface area contributed by atoms with Crippen LogP contribution in [-0.4, -0.2) is 62.7 Å². The lowest BCUT2D eigenvalue weighted by Gasteiger charge is -2.10. The first-order chi connectivity index (χ1) is 13.7. The van der Waals surface area contributed by atoms with Crippen LogP contribution in [0.3, 0.4) is 0 Å². The van der Waals surface area contributed by atoms with Crippen molar-refractivity contribution >= 4 is 27.8 Å². The second kappa shape index (κ2) is 9.71. The molecule has 0 saturated carbocycles. The van der Waals surface area contributed by atoms with E-state index in [4.69, 9.17) is 9.47 Å². The van der Waals surface area contributed by atoms with Crippen molar-refractivity contribution in [2.45, 2.75) is 32.9 Å². The van der Waals surface area contributed by atoms with Crippen molar-refractivity contribution in [1.29, 1.82) is 5.26 Å². The zero-order valence-electron chi connectivity index (χ0n) is 16.7. The minimum atomic E-state index is -3.12. The molecule has 1 atom stereocenters. The quantitative estimate of drug-likeness (QED) is 0.366. The molecule has 9 nitrogen and oxygen atoms in total. The molecule has 1 aromatic rings. The Labute approximate surface area is 170 Å². The normalized spacial score (nSPS) is 18.3. The molecule has 0 bridgehead atoms. The molecule has 0 unspecified atom stereocenters. The van der Waals surface area contributed by atoms with Crippen molar-refractivity contribution in [2.75, 3.05) is 31.8 Å². The number of aryl methyl sites for hydroxylation is 1. The monoisotopic (exact) mass is 423 g/mol. The number of carbonyl (C=O) groups excluding carboxylic acids is 2. The average molecular weight is 423 g/mol. The number of nitrogens with zero attached hydrogens (tertiary/aromatic N) is 2. The van der Waals surface area contributed by atoms with E-state index < -0.39 is 34.4 Å². The lowest BCUT2D eigenvalue weighted by molar-refractivity contribution is -0.144. The SMILES string of the molecule is COCCn1c(C)cc(/C=C(\C#N)C(=O)OCC(=O)N[C@H]2CCS(=O)(=O)C2)c1C. The molecule has 0 aliphatic carbocycles. The van der Waals surface area contributed by atoms with E-state index in [1.807, 2.05) is 24.5 Å². The maximum atomic E-state index is 12.2. The smallest absolute Gasteiger partial charge is 0.349 e. The van der Waals surface area contributed by atoms with Crippen LogP contribution >= 0.6 is 0 Å². The lowest BCUT2D eigenvalue weighted by atomic mass is 10.1.